The maximum Gasteiger partial charge on any atom is 0.331 e. The molecule has 1 unspecified atom stereocenters. The third-order valence-electron chi connectivity index (χ3n) is 2.29. The smallest absolute Gasteiger partial charge is 0.331 e. The van der Waals surface area contributed by atoms with E-state index in [0.29, 0.717) is 0 Å². The number of carbonyl (C=O) groups excluding carboxylic acids is 1. The van der Waals surface area contributed by atoms with Gasteiger partial charge in [-0.05, 0) is 13.3 Å². The fourth-order valence-electron chi connectivity index (χ4n) is 1.08. The van der Waals surface area contributed by atoms with Gasteiger partial charge in [0.1, 0.15) is 0 Å². The molecule has 0 aliphatic carbocycles. The van der Waals surface area contributed by atoms with E-state index in [4.69, 9.17) is 10.2 Å². The molecule has 0 spiro atoms. The summed E-state index contributed by atoms with van der Waals surface area (Å²) in [5.41, 5.74) is -1.91. The van der Waals surface area contributed by atoms with Gasteiger partial charge in [-0.2, -0.15) is 0 Å². The lowest BCUT2D eigenvalue weighted by Gasteiger charge is -2.32. The first kappa shape index (κ1) is 14.4. The molecule has 0 radical (unpaired) electrons. The lowest BCUT2D eigenvalue weighted by Crippen LogP contribution is -2.53. The van der Waals surface area contributed by atoms with Crippen LogP contribution in [0.25, 0.3) is 0 Å². The molecule has 3 N–H and O–H groups in total. The van der Waals surface area contributed by atoms with Crippen molar-refractivity contribution < 1.29 is 29.8 Å². The van der Waals surface area contributed by atoms with E-state index in [1.807, 2.05) is 0 Å². The zero-order chi connectivity index (χ0) is 12.9. The summed E-state index contributed by atoms with van der Waals surface area (Å²) in [6, 6.07) is 0. The summed E-state index contributed by atoms with van der Waals surface area (Å²) in [6.45, 7) is 2.57. The Hall–Kier alpha value is -1.63. The highest BCUT2D eigenvalue weighted by atomic mass is 16.5. The summed E-state index contributed by atoms with van der Waals surface area (Å²) in [5.74, 6) is -3.40. The van der Waals surface area contributed by atoms with Crippen LogP contribution < -0.4 is 0 Å². The minimum Gasteiger partial charge on any atom is -0.481 e. The molecule has 0 aromatic heterocycles. The van der Waals surface area contributed by atoms with Gasteiger partial charge in [-0.3, -0.25) is 14.8 Å². The Morgan fingerprint density at radius 1 is 1.25 bits per heavy atom. The van der Waals surface area contributed by atoms with Gasteiger partial charge in [-0.15, -0.1) is 0 Å². The highest BCUT2D eigenvalue weighted by molar-refractivity contribution is 5.86. The predicted molar refractivity (Wildman–Crippen MR) is 51.8 cm³/mol. The highest BCUT2D eigenvalue weighted by Gasteiger charge is 2.42. The Kier molecular flexibility index (Phi) is 4.90. The zero-order valence-electron chi connectivity index (χ0n) is 9.13. The van der Waals surface area contributed by atoms with Crippen LogP contribution in [0, 0.1) is 0 Å². The average molecular weight is 233 g/mol. The van der Waals surface area contributed by atoms with Gasteiger partial charge in [0.05, 0.1) is 0 Å². The van der Waals surface area contributed by atoms with Crippen LogP contribution in [0.2, 0.25) is 0 Å². The monoisotopic (exact) mass is 233 g/mol. The SMILES string of the molecule is CCC(=O)N(O)C(C)(CCC(=O)O)C(=O)O. The number of carbonyl (C=O) groups is 3. The average Bonchev–Trinajstić information content (AvgIpc) is 2.23. The molecule has 0 aliphatic rings. The van der Waals surface area contributed by atoms with Crippen molar-refractivity contribution in [1.82, 2.24) is 5.06 Å². The second-order valence-electron chi connectivity index (χ2n) is 3.53. The van der Waals surface area contributed by atoms with Crippen LogP contribution in [0.4, 0.5) is 0 Å². The standard InChI is InChI=1S/C9H15NO6/c1-3-6(11)10(16)9(2,8(14)15)5-4-7(12)13/h16H,3-5H2,1-2H3,(H,12,13)(H,14,15). The van der Waals surface area contributed by atoms with Gasteiger partial charge in [0, 0.05) is 12.8 Å². The zero-order valence-corrected chi connectivity index (χ0v) is 9.13. The van der Waals surface area contributed by atoms with Gasteiger partial charge in [-0.25, -0.2) is 9.86 Å². The lowest BCUT2D eigenvalue weighted by atomic mass is 9.95. The Balaban J connectivity index is 4.88. The van der Waals surface area contributed by atoms with Crippen molar-refractivity contribution >= 4 is 17.8 Å². The van der Waals surface area contributed by atoms with E-state index >= 15 is 0 Å². The molecule has 0 bridgehead atoms. The summed E-state index contributed by atoms with van der Waals surface area (Å²) in [6.07, 6.45) is -0.872. The summed E-state index contributed by atoms with van der Waals surface area (Å²) >= 11 is 0. The summed E-state index contributed by atoms with van der Waals surface area (Å²) in [7, 11) is 0. The summed E-state index contributed by atoms with van der Waals surface area (Å²) in [4.78, 5) is 32.5. The van der Waals surface area contributed by atoms with E-state index in [-0.39, 0.29) is 17.9 Å². The van der Waals surface area contributed by atoms with E-state index in [0.717, 1.165) is 6.92 Å². The molecular weight excluding hydrogens is 218 g/mol. The quantitative estimate of drug-likeness (QED) is 0.449. The third-order valence-corrected chi connectivity index (χ3v) is 2.29. The topological polar surface area (TPSA) is 115 Å². The molecule has 0 fully saturated rings. The van der Waals surface area contributed by atoms with Crippen LogP contribution in [0.5, 0.6) is 0 Å². The number of rotatable bonds is 6. The molecule has 1 atom stereocenters. The number of aliphatic carboxylic acids is 2. The molecule has 0 aromatic rings. The van der Waals surface area contributed by atoms with Gasteiger partial charge < -0.3 is 10.2 Å². The van der Waals surface area contributed by atoms with Crippen molar-refractivity contribution in [2.75, 3.05) is 0 Å². The minimum atomic E-state index is -1.91. The van der Waals surface area contributed by atoms with E-state index in [1.54, 1.807) is 0 Å². The molecule has 0 heterocycles. The van der Waals surface area contributed by atoms with Gasteiger partial charge in [0.15, 0.2) is 5.54 Å². The van der Waals surface area contributed by atoms with Gasteiger partial charge in [0.2, 0.25) is 5.91 Å². The van der Waals surface area contributed by atoms with Crippen LogP contribution in [0.1, 0.15) is 33.1 Å². The van der Waals surface area contributed by atoms with Crippen LogP contribution in [-0.4, -0.2) is 43.9 Å². The molecule has 0 saturated heterocycles. The largest absolute Gasteiger partial charge is 0.481 e. The number of amides is 1. The first-order chi connectivity index (χ1) is 7.25. The van der Waals surface area contributed by atoms with Crippen molar-refractivity contribution in [3.63, 3.8) is 0 Å². The number of hydrogen-bond donors (Lipinski definition) is 3. The fourth-order valence-corrected chi connectivity index (χ4v) is 1.08. The lowest BCUT2D eigenvalue weighted by molar-refractivity contribution is -0.204. The number of hydrogen-bond acceptors (Lipinski definition) is 4. The van der Waals surface area contributed by atoms with E-state index in [2.05, 4.69) is 0 Å². The van der Waals surface area contributed by atoms with Crippen molar-refractivity contribution in [1.29, 1.82) is 0 Å². The van der Waals surface area contributed by atoms with Crippen LogP contribution in [-0.2, 0) is 14.4 Å². The molecule has 0 aromatic carbocycles. The second-order valence-corrected chi connectivity index (χ2v) is 3.53. The molecule has 0 rings (SSSR count). The molecule has 92 valence electrons. The van der Waals surface area contributed by atoms with Crippen molar-refractivity contribution in [3.05, 3.63) is 0 Å². The van der Waals surface area contributed by atoms with E-state index in [1.165, 1.54) is 6.92 Å². The Bertz CT molecular complexity index is 302. The Morgan fingerprint density at radius 3 is 2.06 bits per heavy atom. The van der Waals surface area contributed by atoms with Crippen molar-refractivity contribution in [3.8, 4) is 0 Å². The van der Waals surface area contributed by atoms with Crippen LogP contribution in [0.15, 0.2) is 0 Å². The minimum absolute atomic E-state index is 0.0631. The Morgan fingerprint density at radius 2 is 1.75 bits per heavy atom. The highest BCUT2D eigenvalue weighted by Crippen LogP contribution is 2.21. The summed E-state index contributed by atoms with van der Waals surface area (Å²) in [5, 5.41) is 26.9. The van der Waals surface area contributed by atoms with Gasteiger partial charge >= 0.3 is 11.9 Å². The van der Waals surface area contributed by atoms with Crippen molar-refractivity contribution in [2.45, 2.75) is 38.6 Å². The first-order valence-electron chi connectivity index (χ1n) is 4.72. The molecule has 0 saturated carbocycles. The molecule has 1 amide bonds. The molecular formula is C9H15NO6. The van der Waals surface area contributed by atoms with Crippen molar-refractivity contribution in [2.24, 2.45) is 0 Å². The molecule has 0 aliphatic heterocycles. The predicted octanol–water partition coefficient (Wildman–Crippen LogP) is 0.322. The number of carboxylic acid groups (broad SMARTS) is 2. The van der Waals surface area contributed by atoms with E-state index in [9.17, 15) is 19.6 Å². The molecule has 16 heavy (non-hydrogen) atoms. The maximum atomic E-state index is 11.2. The number of hydroxylamine groups is 2. The van der Waals surface area contributed by atoms with Crippen LogP contribution >= 0.6 is 0 Å². The fraction of sp³-hybridized carbons (Fsp3) is 0.667. The van der Waals surface area contributed by atoms with Gasteiger partial charge in [-0.1, -0.05) is 6.92 Å². The normalized spacial score (nSPS) is 13.9. The summed E-state index contributed by atoms with van der Waals surface area (Å²) < 4.78 is 0. The molecule has 7 nitrogen and oxygen atoms in total. The Labute approximate surface area is 92.2 Å². The van der Waals surface area contributed by atoms with Crippen LogP contribution in [0.3, 0.4) is 0 Å². The molecule has 7 heteroatoms. The third kappa shape index (κ3) is 3.20. The van der Waals surface area contributed by atoms with E-state index < -0.39 is 29.8 Å². The second kappa shape index (κ2) is 5.45. The number of carboxylic acids is 2. The first-order valence-corrected chi connectivity index (χ1v) is 4.72. The van der Waals surface area contributed by atoms with Gasteiger partial charge in [0.25, 0.3) is 0 Å². The maximum absolute atomic E-state index is 11.2. The number of nitrogens with zero attached hydrogens (tertiary/aromatic N) is 1.